The summed E-state index contributed by atoms with van der Waals surface area (Å²) in [5.41, 5.74) is 0.485. The molecule has 0 bridgehead atoms. The van der Waals surface area contributed by atoms with Crippen LogP contribution in [0.4, 0.5) is 0 Å². The summed E-state index contributed by atoms with van der Waals surface area (Å²) in [6.07, 6.45) is 0. The molecule has 3 nitrogen and oxygen atoms in total. The van der Waals surface area contributed by atoms with Gasteiger partial charge in [-0.1, -0.05) is 30.3 Å². The van der Waals surface area contributed by atoms with E-state index in [4.69, 9.17) is 10.00 Å². The minimum Gasteiger partial charge on any atom is -0.378 e. The largest absolute Gasteiger partial charge is 0.378 e. The van der Waals surface area contributed by atoms with E-state index >= 15 is 0 Å². The molecule has 0 amide bonds. The van der Waals surface area contributed by atoms with E-state index in [1.165, 1.54) is 0 Å². The van der Waals surface area contributed by atoms with Crippen LogP contribution in [0.25, 0.3) is 0 Å². The Bertz CT molecular complexity index is 252. The molecule has 0 aliphatic carbocycles. The molecule has 0 aromatic heterocycles. The number of hydrogen-bond acceptors (Lipinski definition) is 2. The van der Waals surface area contributed by atoms with Crippen molar-refractivity contribution in [2.24, 2.45) is 0 Å². The van der Waals surface area contributed by atoms with E-state index in [0.29, 0.717) is 5.56 Å². The Kier molecular flexibility index (Phi) is 6.59. The molecule has 1 aromatic rings. The van der Waals surface area contributed by atoms with Crippen LogP contribution < -0.4 is 0 Å². The Morgan fingerprint density at radius 1 is 1.25 bits per heavy atom. The number of rotatable bonds is 2. The van der Waals surface area contributed by atoms with Gasteiger partial charge in [0.15, 0.2) is 5.85 Å². The molecule has 2 unspecified atom stereocenters. The monoisotopic (exact) mass is 314 g/mol. The van der Waals surface area contributed by atoms with Crippen LogP contribution in [0.15, 0.2) is 30.3 Å². The van der Waals surface area contributed by atoms with Gasteiger partial charge >= 0.3 is 0 Å². The molecule has 0 aliphatic rings. The third-order valence-electron chi connectivity index (χ3n) is 1.35. The first kappa shape index (κ1) is 12.7. The van der Waals surface area contributed by atoms with E-state index < -0.39 is 13.9 Å². The zero-order valence-corrected chi connectivity index (χ0v) is 10.5. The van der Waals surface area contributed by atoms with Gasteiger partial charge in [0.1, 0.15) is 0 Å². The van der Waals surface area contributed by atoms with Crippen LogP contribution in [0.1, 0.15) is 11.4 Å². The minimum absolute atomic E-state index is 0. The van der Waals surface area contributed by atoms with Crippen LogP contribution in [0.3, 0.4) is 0 Å². The summed E-state index contributed by atoms with van der Waals surface area (Å²) in [5, 5.41) is 9.08. The van der Waals surface area contributed by atoms with Gasteiger partial charge in [-0.3, -0.25) is 4.57 Å². The van der Waals surface area contributed by atoms with E-state index in [9.17, 15) is 4.57 Å². The SMILES string of the molecule is O=[PH](O)C(O)c1ccccc1.[Nd]. The smallest absolute Gasteiger partial charge is 0.221 e. The molecule has 64 valence electrons. The molecule has 1 aromatic carbocycles. The Morgan fingerprint density at radius 2 is 1.75 bits per heavy atom. The van der Waals surface area contributed by atoms with Crippen LogP contribution in [-0.4, -0.2) is 10.00 Å². The van der Waals surface area contributed by atoms with Crippen molar-refractivity contribution in [3.8, 4) is 0 Å². The van der Waals surface area contributed by atoms with Crippen LogP contribution >= 0.6 is 8.03 Å². The third-order valence-corrected chi connectivity index (χ3v) is 2.15. The molecule has 12 heavy (non-hydrogen) atoms. The Labute approximate surface area is 104 Å². The molecule has 0 radical (unpaired) electrons. The maximum absolute atomic E-state index is 10.4. The summed E-state index contributed by atoms with van der Waals surface area (Å²) in [7, 11) is -2.86. The predicted octanol–water partition coefficient (Wildman–Crippen LogP) is 1.14. The van der Waals surface area contributed by atoms with Crippen molar-refractivity contribution < 1.29 is 55.4 Å². The van der Waals surface area contributed by atoms with Gasteiger partial charge in [-0.25, -0.2) is 0 Å². The molecule has 0 saturated carbocycles. The van der Waals surface area contributed by atoms with Crippen LogP contribution in [0.2, 0.25) is 0 Å². The summed E-state index contributed by atoms with van der Waals surface area (Å²) < 4.78 is 10.4. The minimum atomic E-state index is -2.86. The second kappa shape index (κ2) is 6.22. The predicted molar refractivity (Wildman–Crippen MR) is 42.6 cm³/mol. The van der Waals surface area contributed by atoms with E-state index in [0.717, 1.165) is 0 Å². The van der Waals surface area contributed by atoms with Gasteiger partial charge in [-0.2, -0.15) is 0 Å². The summed E-state index contributed by atoms with van der Waals surface area (Å²) in [5.74, 6) is -1.22. The first-order valence-corrected chi connectivity index (χ1v) is 4.61. The standard InChI is InChI=1S/C7H9O3P.Nd/c8-7(11(9)10)6-4-2-1-3-5-6;/h1-5,7-8,11H,(H,9,10);. The Morgan fingerprint density at radius 3 is 2.17 bits per heavy atom. The van der Waals surface area contributed by atoms with Crippen molar-refractivity contribution in [2.45, 2.75) is 5.85 Å². The maximum atomic E-state index is 10.4. The van der Waals surface area contributed by atoms with Gasteiger partial charge in [0.05, 0.1) is 0 Å². The zero-order valence-electron chi connectivity index (χ0n) is 6.27. The molecule has 2 atom stereocenters. The van der Waals surface area contributed by atoms with Crippen LogP contribution in [-0.2, 0) is 4.57 Å². The van der Waals surface area contributed by atoms with Gasteiger partial charge in [-0.15, -0.1) is 0 Å². The second-order valence-corrected chi connectivity index (χ2v) is 3.37. The van der Waals surface area contributed by atoms with E-state index in [1.54, 1.807) is 30.3 Å². The molecule has 0 saturated heterocycles. The summed E-state index contributed by atoms with van der Waals surface area (Å²) in [6, 6.07) is 8.43. The summed E-state index contributed by atoms with van der Waals surface area (Å²) in [6.45, 7) is 0. The van der Waals surface area contributed by atoms with Crippen molar-refractivity contribution >= 4 is 8.03 Å². The fraction of sp³-hybridized carbons (Fsp3) is 0.143. The average molecular weight is 316 g/mol. The third kappa shape index (κ3) is 3.62. The molecular formula is C7H9NdO3P. The van der Waals surface area contributed by atoms with Gasteiger partial charge < -0.3 is 10.00 Å². The number of aliphatic hydroxyl groups is 1. The Hall–Kier alpha value is 0.721. The average Bonchev–Trinajstić information content (AvgIpc) is 2.05. The molecule has 0 fully saturated rings. The van der Waals surface area contributed by atoms with Crippen molar-refractivity contribution in [2.75, 3.05) is 0 Å². The summed E-state index contributed by atoms with van der Waals surface area (Å²) >= 11 is 0. The first-order chi connectivity index (χ1) is 5.22. The van der Waals surface area contributed by atoms with Crippen LogP contribution in [0.5, 0.6) is 0 Å². The number of benzene rings is 1. The molecule has 0 spiro atoms. The molecule has 2 N–H and O–H groups in total. The van der Waals surface area contributed by atoms with E-state index in [1.807, 2.05) is 0 Å². The van der Waals surface area contributed by atoms with Crippen molar-refractivity contribution in [1.29, 1.82) is 0 Å². The van der Waals surface area contributed by atoms with Crippen molar-refractivity contribution in [1.82, 2.24) is 0 Å². The molecule has 5 heteroatoms. The van der Waals surface area contributed by atoms with Crippen molar-refractivity contribution in [3.63, 3.8) is 0 Å². The van der Waals surface area contributed by atoms with Gasteiger partial charge in [-0.05, 0) is 5.56 Å². The fourth-order valence-corrected chi connectivity index (χ4v) is 1.26. The van der Waals surface area contributed by atoms with Gasteiger partial charge in [0.2, 0.25) is 8.03 Å². The molecule has 0 heterocycles. The second-order valence-electron chi connectivity index (χ2n) is 2.15. The fourth-order valence-electron chi connectivity index (χ4n) is 0.778. The quantitative estimate of drug-likeness (QED) is 0.805. The van der Waals surface area contributed by atoms with Crippen LogP contribution in [0, 0.1) is 40.8 Å². The van der Waals surface area contributed by atoms with Gasteiger partial charge in [0.25, 0.3) is 0 Å². The first-order valence-electron chi connectivity index (χ1n) is 3.17. The number of hydrogen-bond donors (Lipinski definition) is 2. The van der Waals surface area contributed by atoms with Gasteiger partial charge in [0, 0.05) is 40.8 Å². The zero-order chi connectivity index (χ0) is 8.27. The molecule has 0 aliphatic heterocycles. The van der Waals surface area contributed by atoms with Crippen molar-refractivity contribution in [3.05, 3.63) is 35.9 Å². The molecular weight excluding hydrogens is 307 g/mol. The number of aliphatic hydroxyl groups excluding tert-OH is 1. The maximum Gasteiger partial charge on any atom is 0.221 e. The van der Waals surface area contributed by atoms with E-state index in [-0.39, 0.29) is 40.8 Å². The van der Waals surface area contributed by atoms with E-state index in [2.05, 4.69) is 0 Å². The Balaban J connectivity index is 0.00000121. The normalized spacial score (nSPS) is 14.5. The topological polar surface area (TPSA) is 57.5 Å². The summed E-state index contributed by atoms with van der Waals surface area (Å²) in [4.78, 5) is 8.57. The molecule has 1 rings (SSSR count).